The molecule has 8 heteroatoms. The maximum Gasteiger partial charge on any atom is 0.264 e. The van der Waals surface area contributed by atoms with E-state index in [1.54, 1.807) is 24.3 Å². The zero-order chi connectivity index (χ0) is 14.8. The van der Waals surface area contributed by atoms with Gasteiger partial charge >= 0.3 is 0 Å². The predicted octanol–water partition coefficient (Wildman–Crippen LogP) is -0.626. The lowest BCUT2D eigenvalue weighted by atomic mass is 10.2. The van der Waals surface area contributed by atoms with Crippen molar-refractivity contribution in [2.45, 2.75) is 17.9 Å². The first-order valence-corrected chi connectivity index (χ1v) is 7.58. The summed E-state index contributed by atoms with van der Waals surface area (Å²) >= 11 is 0. The number of carbonyl (C=O) groups excluding carboxylic acids is 1. The molecule has 1 amide bonds. The minimum Gasteiger partial charge on any atom is -0.366 e. The number of nitrogens with zero attached hydrogens (tertiary/aromatic N) is 1. The second-order valence-corrected chi connectivity index (χ2v) is 6.48. The Morgan fingerprint density at radius 2 is 2.05 bits per heavy atom. The Kier molecular flexibility index (Phi) is 4.39. The number of morpholine rings is 1. The molecule has 1 atom stereocenters. The Hall–Kier alpha value is -1.48. The lowest BCUT2D eigenvalue weighted by molar-refractivity contribution is -0.136. The summed E-state index contributed by atoms with van der Waals surface area (Å²) in [5.41, 5.74) is 2.95. The predicted molar refractivity (Wildman–Crippen MR) is 72.0 cm³/mol. The van der Waals surface area contributed by atoms with Crippen LogP contribution in [0.3, 0.4) is 0 Å². The molecule has 0 aliphatic carbocycles. The number of amides is 1. The van der Waals surface area contributed by atoms with Gasteiger partial charge in [-0.15, -0.1) is 0 Å². The zero-order valence-electron chi connectivity index (χ0n) is 11.1. The number of hydrazine groups is 1. The van der Waals surface area contributed by atoms with Crippen molar-refractivity contribution in [3.63, 3.8) is 0 Å². The number of benzene rings is 1. The summed E-state index contributed by atoms with van der Waals surface area (Å²) < 4.78 is 31.4. The standard InChI is InChI=1S/C12H17N3O4S/c1-9-2-4-10(5-3-9)20(17,18)15-6-7-19-11(8-15)12(16)14-13/h2-5,11H,6-8,13H2,1H3,(H,14,16)/t11-/m1/s1. The van der Waals surface area contributed by atoms with Crippen LogP contribution in [0.1, 0.15) is 5.56 Å². The van der Waals surface area contributed by atoms with Crippen molar-refractivity contribution in [2.75, 3.05) is 19.7 Å². The van der Waals surface area contributed by atoms with Crippen LogP contribution in [0.5, 0.6) is 0 Å². The highest BCUT2D eigenvalue weighted by molar-refractivity contribution is 7.89. The summed E-state index contributed by atoms with van der Waals surface area (Å²) in [6.07, 6.45) is -0.881. The number of nitrogens with one attached hydrogen (secondary N) is 1. The van der Waals surface area contributed by atoms with Crippen LogP contribution in [0, 0.1) is 6.92 Å². The molecule has 0 radical (unpaired) electrons. The normalized spacial score (nSPS) is 20.6. The molecule has 0 bridgehead atoms. The molecule has 0 spiro atoms. The molecule has 1 saturated heterocycles. The maximum absolute atomic E-state index is 12.5. The number of ether oxygens (including phenoxy) is 1. The van der Waals surface area contributed by atoms with Gasteiger partial charge in [0, 0.05) is 13.1 Å². The maximum atomic E-state index is 12.5. The summed E-state index contributed by atoms with van der Waals surface area (Å²) in [6.45, 7) is 2.21. The molecule has 1 heterocycles. The van der Waals surface area contributed by atoms with Gasteiger partial charge in [0.1, 0.15) is 0 Å². The van der Waals surface area contributed by atoms with E-state index in [9.17, 15) is 13.2 Å². The van der Waals surface area contributed by atoms with Gasteiger partial charge in [-0.05, 0) is 19.1 Å². The second-order valence-electron chi connectivity index (χ2n) is 4.54. The van der Waals surface area contributed by atoms with Crippen LogP contribution >= 0.6 is 0 Å². The zero-order valence-corrected chi connectivity index (χ0v) is 11.9. The van der Waals surface area contributed by atoms with E-state index in [1.807, 2.05) is 12.3 Å². The fraction of sp³-hybridized carbons (Fsp3) is 0.417. The van der Waals surface area contributed by atoms with Crippen molar-refractivity contribution < 1.29 is 17.9 Å². The van der Waals surface area contributed by atoms with E-state index in [2.05, 4.69) is 0 Å². The summed E-state index contributed by atoms with van der Waals surface area (Å²) in [5.74, 6) is 4.50. The average Bonchev–Trinajstić information content (AvgIpc) is 2.47. The van der Waals surface area contributed by atoms with E-state index in [4.69, 9.17) is 10.6 Å². The Bertz CT molecular complexity index is 585. The molecular weight excluding hydrogens is 282 g/mol. The number of carbonyl (C=O) groups is 1. The molecule has 0 unspecified atom stereocenters. The largest absolute Gasteiger partial charge is 0.366 e. The molecule has 0 saturated carbocycles. The topological polar surface area (TPSA) is 102 Å². The SMILES string of the molecule is Cc1ccc(S(=O)(=O)N2CCO[C@@H](C(=O)NN)C2)cc1. The molecular formula is C12H17N3O4S. The van der Waals surface area contributed by atoms with Crippen LogP contribution in [0.4, 0.5) is 0 Å². The number of hydrogen-bond donors (Lipinski definition) is 2. The highest BCUT2D eigenvalue weighted by Gasteiger charge is 2.33. The number of hydrogen-bond acceptors (Lipinski definition) is 5. The Morgan fingerprint density at radius 1 is 1.40 bits per heavy atom. The minimum absolute atomic E-state index is 0.0424. The van der Waals surface area contributed by atoms with E-state index in [-0.39, 0.29) is 24.6 Å². The van der Waals surface area contributed by atoms with E-state index in [1.165, 1.54) is 4.31 Å². The van der Waals surface area contributed by atoms with Gasteiger partial charge in [-0.2, -0.15) is 4.31 Å². The Morgan fingerprint density at radius 3 is 2.65 bits per heavy atom. The van der Waals surface area contributed by atoms with Crippen LogP contribution in [-0.2, 0) is 19.6 Å². The highest BCUT2D eigenvalue weighted by Crippen LogP contribution is 2.19. The fourth-order valence-corrected chi connectivity index (χ4v) is 3.38. The lowest BCUT2D eigenvalue weighted by Crippen LogP contribution is -2.52. The van der Waals surface area contributed by atoms with Gasteiger partial charge in [-0.3, -0.25) is 10.2 Å². The van der Waals surface area contributed by atoms with Gasteiger partial charge in [0.25, 0.3) is 5.91 Å². The fourth-order valence-electron chi connectivity index (χ4n) is 1.95. The third-order valence-corrected chi connectivity index (χ3v) is 5.00. The van der Waals surface area contributed by atoms with E-state index < -0.39 is 22.0 Å². The van der Waals surface area contributed by atoms with Gasteiger partial charge in [-0.25, -0.2) is 14.3 Å². The first kappa shape index (κ1) is 14.9. The minimum atomic E-state index is -3.62. The van der Waals surface area contributed by atoms with Gasteiger partial charge in [-0.1, -0.05) is 17.7 Å². The molecule has 7 nitrogen and oxygen atoms in total. The van der Waals surface area contributed by atoms with Crippen molar-refractivity contribution >= 4 is 15.9 Å². The van der Waals surface area contributed by atoms with Crippen molar-refractivity contribution in [1.29, 1.82) is 0 Å². The summed E-state index contributed by atoms with van der Waals surface area (Å²) in [5, 5.41) is 0. The molecule has 1 aliphatic rings. The number of aryl methyl sites for hydroxylation is 1. The van der Waals surface area contributed by atoms with E-state index in [0.717, 1.165) is 5.56 Å². The van der Waals surface area contributed by atoms with E-state index >= 15 is 0 Å². The average molecular weight is 299 g/mol. The molecule has 1 aromatic carbocycles. The number of rotatable bonds is 3. The molecule has 110 valence electrons. The molecule has 20 heavy (non-hydrogen) atoms. The van der Waals surface area contributed by atoms with Crippen LogP contribution in [0.25, 0.3) is 0 Å². The quantitative estimate of drug-likeness (QED) is 0.440. The third kappa shape index (κ3) is 2.98. The summed E-state index contributed by atoms with van der Waals surface area (Å²) in [4.78, 5) is 11.6. The summed E-state index contributed by atoms with van der Waals surface area (Å²) in [6, 6.07) is 6.57. The van der Waals surface area contributed by atoms with Gasteiger partial charge < -0.3 is 4.74 Å². The van der Waals surface area contributed by atoms with Crippen molar-refractivity contribution in [3.8, 4) is 0 Å². The van der Waals surface area contributed by atoms with Crippen molar-refractivity contribution in [2.24, 2.45) is 5.84 Å². The molecule has 1 fully saturated rings. The van der Waals surface area contributed by atoms with Gasteiger partial charge in [0.05, 0.1) is 11.5 Å². The Labute approximate surface area is 117 Å². The van der Waals surface area contributed by atoms with E-state index in [0.29, 0.717) is 0 Å². The molecule has 0 aromatic heterocycles. The third-order valence-electron chi connectivity index (χ3n) is 3.12. The summed E-state index contributed by atoms with van der Waals surface area (Å²) in [7, 11) is -3.62. The number of sulfonamides is 1. The van der Waals surface area contributed by atoms with Gasteiger partial charge in [0.2, 0.25) is 10.0 Å². The van der Waals surface area contributed by atoms with Crippen molar-refractivity contribution in [1.82, 2.24) is 9.73 Å². The lowest BCUT2D eigenvalue weighted by Gasteiger charge is -2.31. The van der Waals surface area contributed by atoms with Crippen LogP contribution in [-0.4, -0.2) is 44.4 Å². The van der Waals surface area contributed by atoms with Gasteiger partial charge in [0.15, 0.2) is 6.10 Å². The molecule has 3 N–H and O–H groups in total. The van der Waals surface area contributed by atoms with Crippen LogP contribution in [0.15, 0.2) is 29.2 Å². The molecule has 1 aliphatic heterocycles. The second kappa shape index (κ2) is 5.88. The first-order valence-electron chi connectivity index (χ1n) is 6.14. The molecule has 1 aromatic rings. The van der Waals surface area contributed by atoms with Crippen LogP contribution in [0.2, 0.25) is 0 Å². The highest BCUT2D eigenvalue weighted by atomic mass is 32.2. The monoisotopic (exact) mass is 299 g/mol. The molecule has 2 rings (SSSR count). The van der Waals surface area contributed by atoms with Crippen LogP contribution < -0.4 is 11.3 Å². The Balaban J connectivity index is 2.21. The first-order chi connectivity index (χ1) is 9.45. The van der Waals surface area contributed by atoms with Crippen molar-refractivity contribution in [3.05, 3.63) is 29.8 Å². The number of nitrogens with two attached hydrogens (primary N) is 1. The smallest absolute Gasteiger partial charge is 0.264 e.